The molecule has 2 N–H and O–H groups in total. The van der Waals surface area contributed by atoms with Crippen LogP contribution in [0.1, 0.15) is 49.0 Å². The number of thiophene rings is 1. The minimum absolute atomic E-state index is 0.0522. The van der Waals surface area contributed by atoms with E-state index < -0.39 is 10.0 Å². The summed E-state index contributed by atoms with van der Waals surface area (Å²) in [7, 11) is -2.40. The van der Waals surface area contributed by atoms with Gasteiger partial charge >= 0.3 is 0 Å². The predicted molar refractivity (Wildman–Crippen MR) is 108 cm³/mol. The summed E-state index contributed by atoms with van der Waals surface area (Å²) in [4.78, 5) is 13.8. The van der Waals surface area contributed by atoms with Crippen LogP contribution in [-0.2, 0) is 10.0 Å². The molecule has 0 aliphatic heterocycles. The highest BCUT2D eigenvalue weighted by Crippen LogP contribution is 2.28. The molecular weight excluding hydrogens is 384 g/mol. The van der Waals surface area contributed by atoms with Crippen LogP contribution in [-0.4, -0.2) is 27.5 Å². The second kappa shape index (κ2) is 8.86. The van der Waals surface area contributed by atoms with E-state index in [2.05, 4.69) is 10.0 Å². The molecule has 0 radical (unpaired) electrons. The highest BCUT2D eigenvalue weighted by molar-refractivity contribution is 7.89. The third-order valence-electron chi connectivity index (χ3n) is 3.91. The zero-order chi connectivity index (χ0) is 20.2. The highest BCUT2D eigenvalue weighted by Gasteiger charge is 2.24. The van der Waals surface area contributed by atoms with Gasteiger partial charge in [-0.1, -0.05) is 19.9 Å². The molecule has 27 heavy (non-hydrogen) atoms. The Kier molecular flexibility index (Phi) is 7.02. The maximum absolute atomic E-state index is 12.8. The molecule has 0 saturated carbocycles. The van der Waals surface area contributed by atoms with Gasteiger partial charge in [0.1, 0.15) is 10.6 Å². The lowest BCUT2D eigenvalue weighted by molar-refractivity contribution is 0.0926. The molecule has 6 nitrogen and oxygen atoms in total. The first kappa shape index (κ1) is 21.4. The SMILES string of the molecule is COc1ccc(C(=O)NC(c2cccs2)C(C)C)cc1S(=O)(=O)NC(C)C. The van der Waals surface area contributed by atoms with Gasteiger partial charge in [-0.3, -0.25) is 4.79 Å². The maximum Gasteiger partial charge on any atom is 0.251 e. The highest BCUT2D eigenvalue weighted by atomic mass is 32.2. The van der Waals surface area contributed by atoms with Crippen molar-refractivity contribution in [3.05, 3.63) is 46.2 Å². The molecule has 1 heterocycles. The van der Waals surface area contributed by atoms with Gasteiger partial charge < -0.3 is 10.1 Å². The van der Waals surface area contributed by atoms with E-state index in [4.69, 9.17) is 4.74 Å². The molecule has 1 aromatic carbocycles. The number of ether oxygens (including phenoxy) is 1. The normalized spacial score (nSPS) is 13.0. The molecule has 8 heteroatoms. The zero-order valence-corrected chi connectivity index (χ0v) is 17.8. The lowest BCUT2D eigenvalue weighted by atomic mass is 10.0. The first-order valence-corrected chi connectivity index (χ1v) is 11.1. The summed E-state index contributed by atoms with van der Waals surface area (Å²) in [5.41, 5.74) is 0.266. The molecule has 1 atom stereocenters. The van der Waals surface area contributed by atoms with Crippen molar-refractivity contribution in [3.63, 3.8) is 0 Å². The average molecular weight is 411 g/mol. The Labute approximate surface area is 165 Å². The van der Waals surface area contributed by atoms with E-state index in [-0.39, 0.29) is 40.1 Å². The van der Waals surface area contributed by atoms with Gasteiger partial charge in [-0.2, -0.15) is 0 Å². The van der Waals surface area contributed by atoms with Crippen LogP contribution in [0.5, 0.6) is 5.75 Å². The van der Waals surface area contributed by atoms with E-state index in [1.165, 1.54) is 19.2 Å². The topological polar surface area (TPSA) is 84.5 Å². The molecule has 0 aliphatic carbocycles. The number of nitrogens with one attached hydrogen (secondary N) is 2. The Morgan fingerprint density at radius 3 is 2.37 bits per heavy atom. The van der Waals surface area contributed by atoms with Crippen LogP contribution in [0.4, 0.5) is 0 Å². The van der Waals surface area contributed by atoms with Crippen LogP contribution in [0.3, 0.4) is 0 Å². The van der Waals surface area contributed by atoms with E-state index in [9.17, 15) is 13.2 Å². The van der Waals surface area contributed by atoms with E-state index in [1.807, 2.05) is 31.4 Å². The maximum atomic E-state index is 12.8. The lowest BCUT2D eigenvalue weighted by Crippen LogP contribution is -2.32. The quantitative estimate of drug-likeness (QED) is 0.697. The summed E-state index contributed by atoms with van der Waals surface area (Å²) in [6.45, 7) is 7.52. The molecule has 1 amide bonds. The number of carbonyl (C=O) groups excluding carboxylic acids is 1. The Balaban J connectivity index is 2.35. The van der Waals surface area contributed by atoms with Gasteiger partial charge in [-0.15, -0.1) is 11.3 Å². The molecule has 148 valence electrons. The first-order chi connectivity index (χ1) is 12.7. The molecular formula is C19H26N2O4S2. The van der Waals surface area contributed by atoms with Crippen molar-refractivity contribution in [2.24, 2.45) is 5.92 Å². The standard InChI is InChI=1S/C19H26N2O4S2/c1-12(2)18(16-7-6-10-26-16)20-19(22)14-8-9-15(25-5)17(11-14)27(23,24)21-13(3)4/h6-13,18,21H,1-5H3,(H,20,22). The number of hydrogen-bond acceptors (Lipinski definition) is 5. The van der Waals surface area contributed by atoms with Crippen molar-refractivity contribution in [2.75, 3.05) is 7.11 Å². The molecule has 1 unspecified atom stereocenters. The summed E-state index contributed by atoms with van der Waals surface area (Å²) >= 11 is 1.58. The van der Waals surface area contributed by atoms with Crippen LogP contribution >= 0.6 is 11.3 Å². The number of amides is 1. The van der Waals surface area contributed by atoms with Gasteiger partial charge in [-0.25, -0.2) is 13.1 Å². The van der Waals surface area contributed by atoms with Crippen LogP contribution in [0, 0.1) is 5.92 Å². The average Bonchev–Trinajstić information content (AvgIpc) is 3.11. The second-order valence-electron chi connectivity index (χ2n) is 6.85. The number of sulfonamides is 1. The predicted octanol–water partition coefficient (Wildman–Crippen LogP) is 3.57. The number of rotatable bonds is 8. The monoisotopic (exact) mass is 410 g/mol. The number of benzene rings is 1. The van der Waals surface area contributed by atoms with Gasteiger partial charge in [0, 0.05) is 16.5 Å². The van der Waals surface area contributed by atoms with E-state index in [0.717, 1.165) is 4.88 Å². The number of carbonyl (C=O) groups is 1. The molecule has 0 saturated heterocycles. The van der Waals surface area contributed by atoms with Crippen LogP contribution in [0.25, 0.3) is 0 Å². The van der Waals surface area contributed by atoms with Crippen molar-refractivity contribution in [1.82, 2.24) is 10.0 Å². The Hall–Kier alpha value is -1.90. The van der Waals surface area contributed by atoms with Crippen molar-refractivity contribution in [3.8, 4) is 5.75 Å². The van der Waals surface area contributed by atoms with Gasteiger partial charge in [0.2, 0.25) is 10.0 Å². The number of methoxy groups -OCH3 is 1. The van der Waals surface area contributed by atoms with E-state index >= 15 is 0 Å². The minimum Gasteiger partial charge on any atom is -0.495 e. The molecule has 0 bridgehead atoms. The van der Waals surface area contributed by atoms with Crippen LogP contribution < -0.4 is 14.8 Å². The summed E-state index contributed by atoms with van der Waals surface area (Å²) in [5.74, 6) is 0.0563. The van der Waals surface area contributed by atoms with Gasteiger partial charge in [0.15, 0.2) is 0 Å². The van der Waals surface area contributed by atoms with Crippen molar-refractivity contribution >= 4 is 27.3 Å². The number of hydrogen-bond donors (Lipinski definition) is 2. The molecule has 2 rings (SSSR count). The molecule has 2 aromatic rings. The fourth-order valence-corrected chi connectivity index (χ4v) is 5.06. The second-order valence-corrected chi connectivity index (χ2v) is 9.51. The van der Waals surface area contributed by atoms with Crippen molar-refractivity contribution in [1.29, 1.82) is 0 Å². The Bertz CT molecular complexity index is 875. The van der Waals surface area contributed by atoms with Gasteiger partial charge in [0.25, 0.3) is 5.91 Å². The van der Waals surface area contributed by atoms with E-state index in [0.29, 0.717) is 0 Å². The Morgan fingerprint density at radius 2 is 1.85 bits per heavy atom. The first-order valence-electron chi connectivity index (χ1n) is 8.70. The zero-order valence-electron chi connectivity index (χ0n) is 16.1. The fourth-order valence-electron chi connectivity index (χ4n) is 2.66. The molecule has 0 fully saturated rings. The van der Waals surface area contributed by atoms with Crippen molar-refractivity contribution in [2.45, 2.75) is 44.7 Å². The summed E-state index contributed by atoms with van der Waals surface area (Å²) < 4.78 is 32.9. The van der Waals surface area contributed by atoms with Gasteiger partial charge in [0.05, 0.1) is 13.2 Å². The van der Waals surface area contributed by atoms with Crippen LogP contribution in [0.15, 0.2) is 40.6 Å². The smallest absolute Gasteiger partial charge is 0.251 e. The third-order valence-corrected chi connectivity index (χ3v) is 6.54. The lowest BCUT2D eigenvalue weighted by Gasteiger charge is -2.21. The van der Waals surface area contributed by atoms with Crippen LogP contribution in [0.2, 0.25) is 0 Å². The summed E-state index contributed by atoms with van der Waals surface area (Å²) in [6, 6.07) is 7.91. The molecule has 0 aliphatic rings. The Morgan fingerprint density at radius 1 is 1.15 bits per heavy atom. The minimum atomic E-state index is -3.80. The van der Waals surface area contributed by atoms with E-state index in [1.54, 1.807) is 31.3 Å². The summed E-state index contributed by atoms with van der Waals surface area (Å²) in [6.07, 6.45) is 0. The summed E-state index contributed by atoms with van der Waals surface area (Å²) in [5, 5.41) is 4.97. The van der Waals surface area contributed by atoms with Crippen molar-refractivity contribution < 1.29 is 17.9 Å². The van der Waals surface area contributed by atoms with Gasteiger partial charge in [-0.05, 0) is 49.4 Å². The fraction of sp³-hybridized carbons (Fsp3) is 0.421. The third kappa shape index (κ3) is 5.31. The largest absolute Gasteiger partial charge is 0.495 e. The molecule has 1 aromatic heterocycles. The molecule has 0 spiro atoms.